The highest BCUT2D eigenvalue weighted by atomic mass is 35.5. The van der Waals surface area contributed by atoms with Crippen molar-refractivity contribution >= 4 is 18.3 Å². The zero-order chi connectivity index (χ0) is 11.5. The quantitative estimate of drug-likeness (QED) is 0.772. The van der Waals surface area contributed by atoms with E-state index in [1.165, 1.54) is 0 Å². The van der Waals surface area contributed by atoms with Crippen molar-refractivity contribution in [3.05, 3.63) is 0 Å². The number of aliphatic hydroxyl groups is 1. The van der Waals surface area contributed by atoms with E-state index < -0.39 is 0 Å². The first-order valence-corrected chi connectivity index (χ1v) is 6.37. The fraction of sp³-hybridized carbons (Fsp3) is 0.917. The number of likely N-dealkylation sites (tertiary alicyclic amines) is 1. The average molecular weight is 263 g/mol. The van der Waals surface area contributed by atoms with Crippen molar-refractivity contribution < 1.29 is 9.90 Å². The number of β-amino-alcohol motifs (C(OH)–C–C–N with tert-alkyl or cyclic N) is 1. The van der Waals surface area contributed by atoms with Crippen molar-refractivity contribution in [2.24, 2.45) is 17.6 Å². The molecule has 1 aliphatic carbocycles. The number of carbonyl (C=O) groups excluding carboxylic acids is 1. The highest BCUT2D eigenvalue weighted by Gasteiger charge is 2.32. The molecule has 4 nitrogen and oxygen atoms in total. The molecule has 0 aromatic rings. The zero-order valence-electron chi connectivity index (χ0n) is 10.2. The van der Waals surface area contributed by atoms with Gasteiger partial charge in [0.2, 0.25) is 5.91 Å². The number of hydrogen-bond acceptors (Lipinski definition) is 3. The Morgan fingerprint density at radius 1 is 1.24 bits per heavy atom. The van der Waals surface area contributed by atoms with E-state index in [-0.39, 0.29) is 30.3 Å². The number of nitrogens with two attached hydrogens (primary N) is 1. The molecule has 0 aromatic carbocycles. The molecule has 0 radical (unpaired) electrons. The number of hydrogen-bond donors (Lipinski definition) is 2. The maximum atomic E-state index is 12.1. The van der Waals surface area contributed by atoms with E-state index in [1.807, 2.05) is 4.90 Å². The molecule has 1 amide bonds. The summed E-state index contributed by atoms with van der Waals surface area (Å²) in [5.74, 6) is 1.06. The van der Waals surface area contributed by atoms with Gasteiger partial charge < -0.3 is 15.7 Å². The van der Waals surface area contributed by atoms with Gasteiger partial charge >= 0.3 is 0 Å². The molecule has 0 unspecified atom stereocenters. The summed E-state index contributed by atoms with van der Waals surface area (Å²) in [5.41, 5.74) is 5.64. The number of nitrogens with zero attached hydrogens (tertiary/aromatic N) is 1. The van der Waals surface area contributed by atoms with Gasteiger partial charge in [-0.25, -0.2) is 0 Å². The molecule has 5 heteroatoms. The largest absolute Gasteiger partial charge is 0.391 e. The maximum Gasteiger partial charge on any atom is 0.225 e. The lowest BCUT2D eigenvalue weighted by Crippen LogP contribution is -2.37. The van der Waals surface area contributed by atoms with Crippen LogP contribution >= 0.6 is 12.4 Å². The standard InChI is InChI=1S/C12H22N2O2.ClH/c13-7-9-1-3-10(4-2-9)12(16)14-6-5-11(15)8-14;/h9-11,15H,1-8,13H2;1H/t9?,10?,11-;/m0./s1. The van der Waals surface area contributed by atoms with E-state index in [0.717, 1.165) is 45.2 Å². The van der Waals surface area contributed by atoms with Crippen LogP contribution in [0.1, 0.15) is 32.1 Å². The summed E-state index contributed by atoms with van der Waals surface area (Å²) in [7, 11) is 0. The van der Waals surface area contributed by atoms with Crippen LogP contribution in [0, 0.1) is 11.8 Å². The first-order chi connectivity index (χ1) is 7.70. The van der Waals surface area contributed by atoms with Crippen molar-refractivity contribution in [1.82, 2.24) is 4.90 Å². The third-order valence-electron chi connectivity index (χ3n) is 4.00. The third kappa shape index (κ3) is 3.57. The molecule has 0 aromatic heterocycles. The van der Waals surface area contributed by atoms with Gasteiger partial charge in [0.15, 0.2) is 0 Å². The van der Waals surface area contributed by atoms with Gasteiger partial charge in [0, 0.05) is 19.0 Å². The Kier molecular flexibility index (Phi) is 5.70. The minimum atomic E-state index is -0.302. The minimum absolute atomic E-state index is 0. The first kappa shape index (κ1) is 14.7. The second-order valence-electron chi connectivity index (χ2n) is 5.18. The molecular weight excluding hydrogens is 240 g/mol. The molecule has 3 N–H and O–H groups in total. The smallest absolute Gasteiger partial charge is 0.225 e. The summed E-state index contributed by atoms with van der Waals surface area (Å²) in [6, 6.07) is 0. The Hall–Kier alpha value is -0.320. The number of aliphatic hydroxyl groups excluding tert-OH is 1. The Balaban J connectivity index is 0.00000144. The zero-order valence-corrected chi connectivity index (χ0v) is 11.0. The van der Waals surface area contributed by atoms with E-state index >= 15 is 0 Å². The fourth-order valence-corrected chi connectivity index (χ4v) is 2.85. The van der Waals surface area contributed by atoms with Crippen LogP contribution < -0.4 is 5.73 Å². The second-order valence-corrected chi connectivity index (χ2v) is 5.18. The van der Waals surface area contributed by atoms with E-state index in [4.69, 9.17) is 5.73 Å². The monoisotopic (exact) mass is 262 g/mol. The van der Waals surface area contributed by atoms with Gasteiger partial charge in [-0.1, -0.05) is 0 Å². The molecule has 0 spiro atoms. The van der Waals surface area contributed by atoms with Gasteiger partial charge in [0.05, 0.1) is 6.10 Å². The summed E-state index contributed by atoms with van der Waals surface area (Å²) in [5, 5.41) is 9.42. The molecule has 1 atom stereocenters. The summed E-state index contributed by atoms with van der Waals surface area (Å²) in [6.45, 7) is 2.02. The van der Waals surface area contributed by atoms with Crippen LogP contribution in [0.4, 0.5) is 0 Å². The van der Waals surface area contributed by atoms with Gasteiger partial charge in [-0.05, 0) is 44.6 Å². The van der Waals surface area contributed by atoms with Crippen LogP contribution in [0.25, 0.3) is 0 Å². The molecule has 100 valence electrons. The molecule has 1 heterocycles. The molecule has 1 saturated carbocycles. The van der Waals surface area contributed by atoms with Gasteiger partial charge in [0.1, 0.15) is 0 Å². The van der Waals surface area contributed by atoms with E-state index in [9.17, 15) is 9.90 Å². The summed E-state index contributed by atoms with van der Waals surface area (Å²) in [4.78, 5) is 14.0. The highest BCUT2D eigenvalue weighted by molar-refractivity contribution is 5.85. The van der Waals surface area contributed by atoms with Crippen molar-refractivity contribution in [2.45, 2.75) is 38.2 Å². The van der Waals surface area contributed by atoms with Crippen LogP contribution in [0.5, 0.6) is 0 Å². The van der Waals surface area contributed by atoms with Crippen LogP contribution in [0.2, 0.25) is 0 Å². The van der Waals surface area contributed by atoms with Gasteiger partial charge in [0.25, 0.3) is 0 Å². The lowest BCUT2D eigenvalue weighted by atomic mass is 9.81. The lowest BCUT2D eigenvalue weighted by Gasteiger charge is -2.29. The molecule has 2 aliphatic rings. The molecule has 1 aliphatic heterocycles. The highest BCUT2D eigenvalue weighted by Crippen LogP contribution is 2.30. The molecule has 0 bridgehead atoms. The van der Waals surface area contributed by atoms with Crippen LogP contribution in [0.15, 0.2) is 0 Å². The van der Waals surface area contributed by atoms with Crippen molar-refractivity contribution in [2.75, 3.05) is 19.6 Å². The number of halogens is 1. The normalized spacial score (nSPS) is 33.3. The van der Waals surface area contributed by atoms with Gasteiger partial charge in [-0.3, -0.25) is 4.79 Å². The summed E-state index contributed by atoms with van der Waals surface area (Å²) < 4.78 is 0. The van der Waals surface area contributed by atoms with E-state index in [1.54, 1.807) is 0 Å². The topological polar surface area (TPSA) is 66.6 Å². The molecule has 1 saturated heterocycles. The predicted molar refractivity (Wildman–Crippen MR) is 69.0 cm³/mol. The fourth-order valence-electron chi connectivity index (χ4n) is 2.85. The minimum Gasteiger partial charge on any atom is -0.391 e. The Morgan fingerprint density at radius 2 is 1.88 bits per heavy atom. The Bertz CT molecular complexity index is 255. The predicted octanol–water partition coefficient (Wildman–Crippen LogP) is 0.766. The van der Waals surface area contributed by atoms with E-state index in [0.29, 0.717) is 12.5 Å². The van der Waals surface area contributed by atoms with Crippen LogP contribution in [-0.4, -0.2) is 41.7 Å². The molecular formula is C12H23ClN2O2. The van der Waals surface area contributed by atoms with Gasteiger partial charge in [-0.2, -0.15) is 0 Å². The second kappa shape index (κ2) is 6.57. The summed E-state index contributed by atoms with van der Waals surface area (Å²) >= 11 is 0. The number of amides is 1. The molecule has 2 rings (SSSR count). The van der Waals surface area contributed by atoms with Crippen molar-refractivity contribution in [1.29, 1.82) is 0 Å². The van der Waals surface area contributed by atoms with Gasteiger partial charge in [-0.15, -0.1) is 12.4 Å². The number of carbonyl (C=O) groups is 1. The van der Waals surface area contributed by atoms with Crippen molar-refractivity contribution in [3.8, 4) is 0 Å². The Morgan fingerprint density at radius 3 is 2.35 bits per heavy atom. The van der Waals surface area contributed by atoms with E-state index in [2.05, 4.69) is 0 Å². The summed E-state index contributed by atoms with van der Waals surface area (Å²) in [6.07, 6.45) is 4.57. The average Bonchev–Trinajstić information content (AvgIpc) is 2.75. The van der Waals surface area contributed by atoms with Crippen molar-refractivity contribution in [3.63, 3.8) is 0 Å². The lowest BCUT2D eigenvalue weighted by molar-refractivity contribution is -0.136. The molecule has 17 heavy (non-hydrogen) atoms. The number of rotatable bonds is 2. The van der Waals surface area contributed by atoms with Crippen LogP contribution in [-0.2, 0) is 4.79 Å². The Labute approximate surface area is 109 Å². The maximum absolute atomic E-state index is 12.1. The SMILES string of the molecule is Cl.NCC1CCC(C(=O)N2CC[C@H](O)C2)CC1. The van der Waals surface area contributed by atoms with Crippen LogP contribution in [0.3, 0.4) is 0 Å². The molecule has 2 fully saturated rings. The third-order valence-corrected chi connectivity index (χ3v) is 4.00. The first-order valence-electron chi connectivity index (χ1n) is 6.37.